The molecule has 1 aliphatic rings. The van der Waals surface area contributed by atoms with Crippen LogP contribution in [0, 0.1) is 5.82 Å². The van der Waals surface area contributed by atoms with Gasteiger partial charge in [0.15, 0.2) is 0 Å². The van der Waals surface area contributed by atoms with Crippen LogP contribution in [0.25, 0.3) is 0 Å². The highest BCUT2D eigenvalue weighted by atomic mass is 19.1. The van der Waals surface area contributed by atoms with E-state index in [4.69, 9.17) is 9.47 Å². The number of anilines is 2. The molecule has 0 radical (unpaired) electrons. The summed E-state index contributed by atoms with van der Waals surface area (Å²) in [6, 6.07) is 20.3. The first-order chi connectivity index (χ1) is 17.5. The molecule has 0 saturated heterocycles. The minimum Gasteiger partial charge on any atom is -0.497 e. The quantitative estimate of drug-likeness (QED) is 0.386. The lowest BCUT2D eigenvalue weighted by Crippen LogP contribution is -2.31. The van der Waals surface area contributed by atoms with Gasteiger partial charge in [-0.3, -0.25) is 4.79 Å². The third-order valence-electron chi connectivity index (χ3n) is 5.90. The lowest BCUT2D eigenvalue weighted by Gasteiger charge is -2.28. The minimum absolute atomic E-state index is 0.257. The van der Waals surface area contributed by atoms with Gasteiger partial charge in [0, 0.05) is 11.4 Å². The first-order valence-corrected chi connectivity index (χ1v) is 11.3. The number of carbonyl (C=O) groups is 1. The predicted octanol–water partition coefficient (Wildman–Crippen LogP) is 4.93. The molecule has 0 spiro atoms. The number of fused-ring (bicyclic) bond motifs is 1. The summed E-state index contributed by atoms with van der Waals surface area (Å²) in [6.07, 6.45) is 1.45. The van der Waals surface area contributed by atoms with E-state index in [2.05, 4.69) is 20.7 Å². The Hall–Kier alpha value is -4.66. The van der Waals surface area contributed by atoms with Crippen LogP contribution in [-0.4, -0.2) is 27.8 Å². The third kappa shape index (κ3) is 4.76. The molecule has 0 unspecified atom stereocenters. The maximum absolute atomic E-state index is 13.4. The zero-order valence-electron chi connectivity index (χ0n) is 19.7. The molecule has 8 nitrogen and oxygen atoms in total. The second-order valence-corrected chi connectivity index (χ2v) is 8.26. The maximum atomic E-state index is 13.4. The van der Waals surface area contributed by atoms with Crippen molar-refractivity contribution in [3.8, 4) is 11.5 Å². The Labute approximate surface area is 207 Å². The summed E-state index contributed by atoms with van der Waals surface area (Å²) in [7, 11) is 1.59. The molecule has 9 heteroatoms. The molecule has 0 bridgehead atoms. The number of amides is 1. The van der Waals surface area contributed by atoms with E-state index in [0.29, 0.717) is 41.0 Å². The molecule has 1 atom stereocenters. The molecule has 1 aromatic heterocycles. The van der Waals surface area contributed by atoms with Crippen molar-refractivity contribution in [1.29, 1.82) is 0 Å². The van der Waals surface area contributed by atoms with Crippen molar-refractivity contribution in [2.75, 3.05) is 17.7 Å². The van der Waals surface area contributed by atoms with E-state index in [1.54, 1.807) is 48.2 Å². The molecule has 2 heterocycles. The van der Waals surface area contributed by atoms with Gasteiger partial charge in [0.1, 0.15) is 36.3 Å². The summed E-state index contributed by atoms with van der Waals surface area (Å²) >= 11 is 0. The molecule has 5 rings (SSSR count). The fraction of sp³-hybridized carbons (Fsp3) is 0.148. The summed E-state index contributed by atoms with van der Waals surface area (Å²) < 4.78 is 25.9. The van der Waals surface area contributed by atoms with Crippen LogP contribution in [0.4, 0.5) is 16.0 Å². The number of hydrogen-bond acceptors (Lipinski definition) is 6. The van der Waals surface area contributed by atoms with Crippen molar-refractivity contribution in [3.63, 3.8) is 0 Å². The molecule has 36 heavy (non-hydrogen) atoms. The summed E-state index contributed by atoms with van der Waals surface area (Å²) in [4.78, 5) is 17.7. The average molecular weight is 486 g/mol. The Kier molecular flexibility index (Phi) is 6.36. The Morgan fingerprint density at radius 1 is 1.03 bits per heavy atom. The topological polar surface area (TPSA) is 90.3 Å². The molecule has 0 saturated carbocycles. The zero-order valence-corrected chi connectivity index (χ0v) is 19.7. The maximum Gasteiger partial charge on any atom is 0.255 e. The van der Waals surface area contributed by atoms with Crippen LogP contribution in [0.1, 0.15) is 24.1 Å². The van der Waals surface area contributed by atoms with Crippen molar-refractivity contribution < 1.29 is 18.7 Å². The van der Waals surface area contributed by atoms with Crippen molar-refractivity contribution >= 4 is 17.5 Å². The largest absolute Gasteiger partial charge is 0.497 e. The van der Waals surface area contributed by atoms with Crippen molar-refractivity contribution in [2.24, 2.45) is 0 Å². The second-order valence-electron chi connectivity index (χ2n) is 8.26. The van der Waals surface area contributed by atoms with E-state index in [0.717, 1.165) is 11.1 Å². The highest BCUT2D eigenvalue weighted by Gasteiger charge is 2.33. The number of ether oxygens (including phenoxy) is 2. The van der Waals surface area contributed by atoms with Crippen molar-refractivity contribution in [3.05, 3.63) is 107 Å². The smallest absolute Gasteiger partial charge is 0.255 e. The second kappa shape index (κ2) is 9.91. The van der Waals surface area contributed by atoms with Gasteiger partial charge in [-0.1, -0.05) is 24.3 Å². The summed E-state index contributed by atoms with van der Waals surface area (Å²) in [5.41, 5.74) is 3.56. The fourth-order valence-electron chi connectivity index (χ4n) is 4.06. The highest BCUT2D eigenvalue weighted by Crippen LogP contribution is 2.36. The molecule has 1 aliphatic heterocycles. The first-order valence-electron chi connectivity index (χ1n) is 11.3. The standard InChI is InChI=1S/C27H24FN5O3/c1-17-24(26(34)32-21-9-13-22(35-2)14-10-21)25(33-27(31-17)29-16-30-33)19-5-11-23(12-6-19)36-15-18-3-7-20(28)8-4-18/h3-14,16,25H,15H2,1-2H3,(H,32,34)(H,29,30,31)/t25-/m0/s1. The molecule has 0 fully saturated rings. The van der Waals surface area contributed by atoms with Gasteiger partial charge in [-0.2, -0.15) is 10.1 Å². The third-order valence-corrected chi connectivity index (χ3v) is 5.90. The average Bonchev–Trinajstić information content (AvgIpc) is 3.36. The lowest BCUT2D eigenvalue weighted by atomic mass is 9.95. The number of carbonyl (C=O) groups excluding carboxylic acids is 1. The van der Waals surface area contributed by atoms with Gasteiger partial charge in [0.05, 0.1) is 12.7 Å². The lowest BCUT2D eigenvalue weighted by molar-refractivity contribution is -0.113. The van der Waals surface area contributed by atoms with E-state index in [1.165, 1.54) is 18.5 Å². The van der Waals surface area contributed by atoms with Gasteiger partial charge < -0.3 is 20.1 Å². The van der Waals surface area contributed by atoms with Gasteiger partial charge >= 0.3 is 0 Å². The van der Waals surface area contributed by atoms with E-state index < -0.39 is 6.04 Å². The van der Waals surface area contributed by atoms with E-state index in [1.807, 2.05) is 31.2 Å². The summed E-state index contributed by atoms with van der Waals surface area (Å²) in [5, 5.41) is 10.5. The number of halogens is 1. The van der Waals surface area contributed by atoms with Gasteiger partial charge in [0.2, 0.25) is 5.95 Å². The van der Waals surface area contributed by atoms with E-state index in [9.17, 15) is 9.18 Å². The molecule has 2 N–H and O–H groups in total. The Morgan fingerprint density at radius 2 is 1.72 bits per heavy atom. The molecular weight excluding hydrogens is 461 g/mol. The van der Waals surface area contributed by atoms with E-state index in [-0.39, 0.29) is 11.7 Å². The molecule has 3 aromatic carbocycles. The molecular formula is C27H24FN5O3. The predicted molar refractivity (Wildman–Crippen MR) is 133 cm³/mol. The van der Waals surface area contributed by atoms with Gasteiger partial charge in [0.25, 0.3) is 5.91 Å². The number of hydrogen-bond donors (Lipinski definition) is 2. The van der Waals surface area contributed by atoms with E-state index >= 15 is 0 Å². The van der Waals surface area contributed by atoms with Crippen LogP contribution in [0.5, 0.6) is 11.5 Å². The first kappa shape index (κ1) is 23.1. The monoisotopic (exact) mass is 485 g/mol. The van der Waals surface area contributed by atoms with Crippen molar-refractivity contribution in [2.45, 2.75) is 19.6 Å². The normalized spacial score (nSPS) is 14.6. The molecule has 0 aliphatic carbocycles. The number of rotatable bonds is 7. The van der Waals surface area contributed by atoms with Crippen LogP contribution < -0.4 is 20.1 Å². The van der Waals surface area contributed by atoms with Crippen LogP contribution in [0.15, 0.2) is 90.4 Å². The molecule has 1 amide bonds. The highest BCUT2D eigenvalue weighted by molar-refractivity contribution is 6.06. The van der Waals surface area contributed by atoms with Crippen LogP contribution in [0.2, 0.25) is 0 Å². The number of methoxy groups -OCH3 is 1. The summed E-state index contributed by atoms with van der Waals surface area (Å²) in [6.45, 7) is 2.16. The molecule has 182 valence electrons. The number of aromatic nitrogens is 3. The van der Waals surface area contributed by atoms with Gasteiger partial charge in [-0.25, -0.2) is 9.07 Å². The van der Waals surface area contributed by atoms with Crippen molar-refractivity contribution in [1.82, 2.24) is 14.8 Å². The number of allylic oxidation sites excluding steroid dienone is 1. The van der Waals surface area contributed by atoms with Gasteiger partial charge in [-0.05, 0) is 66.6 Å². The van der Waals surface area contributed by atoms with Crippen LogP contribution in [0.3, 0.4) is 0 Å². The Balaban J connectivity index is 1.39. The number of benzene rings is 3. The zero-order chi connectivity index (χ0) is 25.1. The van der Waals surface area contributed by atoms with Gasteiger partial charge in [-0.15, -0.1) is 0 Å². The Bertz CT molecular complexity index is 1400. The SMILES string of the molecule is COc1ccc(NC(=O)C2=C(C)Nc3ncnn3[C@H]2c2ccc(OCc3ccc(F)cc3)cc2)cc1. The minimum atomic E-state index is -0.492. The number of nitrogens with one attached hydrogen (secondary N) is 2. The van der Waals surface area contributed by atoms with Crippen LogP contribution in [-0.2, 0) is 11.4 Å². The molecule has 4 aromatic rings. The summed E-state index contributed by atoms with van der Waals surface area (Å²) in [5.74, 6) is 1.37. The number of nitrogens with zero attached hydrogens (tertiary/aromatic N) is 3. The fourth-order valence-corrected chi connectivity index (χ4v) is 4.06. The Morgan fingerprint density at radius 3 is 2.42 bits per heavy atom. The van der Waals surface area contributed by atoms with Crippen LogP contribution >= 0.6 is 0 Å².